The van der Waals surface area contributed by atoms with E-state index in [1.807, 2.05) is 0 Å². The van der Waals surface area contributed by atoms with Crippen LogP contribution < -0.4 is 5.73 Å². The van der Waals surface area contributed by atoms with E-state index >= 15 is 0 Å². The fraction of sp³-hybridized carbons (Fsp3) is 0.913. The standard InChI is InChI=1S/C23H43N3O2/c24-16-9-11-18-26-20-12-19-25-17-10-8-13-21(25)22(27)14-6-4-2-1-3-5-7-15-23(26)28/h21H,1-20,24H2. The summed E-state index contributed by atoms with van der Waals surface area (Å²) in [7, 11) is 0. The van der Waals surface area contributed by atoms with Crippen LogP contribution >= 0.6 is 0 Å². The second-order valence-corrected chi connectivity index (χ2v) is 8.72. The third kappa shape index (κ3) is 8.60. The van der Waals surface area contributed by atoms with Crippen molar-refractivity contribution in [2.45, 2.75) is 102 Å². The number of piperidine rings is 1. The van der Waals surface area contributed by atoms with E-state index in [4.69, 9.17) is 5.73 Å². The Morgan fingerprint density at radius 3 is 2.18 bits per heavy atom. The van der Waals surface area contributed by atoms with Gasteiger partial charge >= 0.3 is 0 Å². The quantitative estimate of drug-likeness (QED) is 0.736. The zero-order valence-corrected chi connectivity index (χ0v) is 18.0. The molecule has 0 aromatic rings. The smallest absolute Gasteiger partial charge is 0.222 e. The minimum absolute atomic E-state index is 0.130. The molecule has 2 N–H and O–H groups in total. The zero-order chi connectivity index (χ0) is 20.0. The van der Waals surface area contributed by atoms with E-state index in [9.17, 15) is 9.59 Å². The van der Waals surface area contributed by atoms with Gasteiger partial charge in [-0.2, -0.15) is 0 Å². The maximum absolute atomic E-state index is 12.8. The van der Waals surface area contributed by atoms with Crippen molar-refractivity contribution in [1.29, 1.82) is 0 Å². The lowest BCUT2D eigenvalue weighted by Crippen LogP contribution is -2.46. The number of fused-ring (bicyclic) bond motifs is 1. The largest absolute Gasteiger partial charge is 0.343 e. The topological polar surface area (TPSA) is 66.6 Å². The van der Waals surface area contributed by atoms with Gasteiger partial charge in [-0.25, -0.2) is 0 Å². The molecule has 1 atom stereocenters. The van der Waals surface area contributed by atoms with E-state index in [0.717, 1.165) is 77.5 Å². The van der Waals surface area contributed by atoms with Crippen LogP contribution in [0.15, 0.2) is 0 Å². The third-order valence-corrected chi connectivity index (χ3v) is 6.41. The van der Waals surface area contributed by atoms with Gasteiger partial charge in [-0.05, 0) is 58.0 Å². The predicted octanol–water partition coefficient (Wildman–Crippen LogP) is 3.89. The number of carbonyl (C=O) groups is 2. The Bertz CT molecular complexity index is 455. The Labute approximate surface area is 172 Å². The molecule has 5 heteroatoms. The number of carbonyl (C=O) groups excluding carboxylic acids is 2. The van der Waals surface area contributed by atoms with Gasteiger partial charge in [0.2, 0.25) is 5.91 Å². The highest BCUT2D eigenvalue weighted by Gasteiger charge is 2.27. The van der Waals surface area contributed by atoms with E-state index in [1.165, 1.54) is 38.5 Å². The normalized spacial score (nSPS) is 25.3. The van der Waals surface area contributed by atoms with Crippen LogP contribution in [0.4, 0.5) is 0 Å². The number of rotatable bonds is 4. The molecule has 0 aliphatic carbocycles. The molecular formula is C23H43N3O2. The summed E-state index contributed by atoms with van der Waals surface area (Å²) in [6.45, 7) is 4.33. The Morgan fingerprint density at radius 2 is 1.43 bits per heavy atom. The van der Waals surface area contributed by atoms with Crippen molar-refractivity contribution in [3.8, 4) is 0 Å². The van der Waals surface area contributed by atoms with Gasteiger partial charge in [0.15, 0.2) is 0 Å². The van der Waals surface area contributed by atoms with Crippen molar-refractivity contribution < 1.29 is 9.59 Å². The summed E-state index contributed by atoms with van der Waals surface area (Å²) in [6.07, 6.45) is 15.8. The minimum atomic E-state index is 0.130. The van der Waals surface area contributed by atoms with Crippen LogP contribution in [-0.2, 0) is 9.59 Å². The molecule has 2 aliphatic rings. The number of Topliss-reactive ketones (excluding diaryl/α,β-unsaturated/α-hetero) is 1. The van der Waals surface area contributed by atoms with Gasteiger partial charge in [0.25, 0.3) is 0 Å². The molecule has 1 unspecified atom stereocenters. The van der Waals surface area contributed by atoms with E-state index in [-0.39, 0.29) is 6.04 Å². The second kappa shape index (κ2) is 14.1. The van der Waals surface area contributed by atoms with E-state index in [0.29, 0.717) is 24.7 Å². The van der Waals surface area contributed by atoms with Crippen LogP contribution in [0.5, 0.6) is 0 Å². The first-order valence-corrected chi connectivity index (χ1v) is 12.0. The van der Waals surface area contributed by atoms with E-state index < -0.39 is 0 Å². The SMILES string of the molecule is NCCCCN1CCCN2CCCCC2C(=O)CCCCCCCCCC1=O. The van der Waals surface area contributed by atoms with Gasteiger partial charge in [0, 0.05) is 32.5 Å². The highest BCUT2D eigenvalue weighted by molar-refractivity contribution is 5.84. The average Bonchev–Trinajstić information content (AvgIpc) is 2.71. The van der Waals surface area contributed by atoms with Crippen molar-refractivity contribution in [2.24, 2.45) is 5.73 Å². The fourth-order valence-corrected chi connectivity index (χ4v) is 4.68. The monoisotopic (exact) mass is 393 g/mol. The van der Waals surface area contributed by atoms with Gasteiger partial charge in [-0.15, -0.1) is 0 Å². The first kappa shape index (κ1) is 23.3. The minimum Gasteiger partial charge on any atom is -0.343 e. The summed E-state index contributed by atoms with van der Waals surface area (Å²) in [5.74, 6) is 0.771. The Balaban J connectivity index is 1.94. The third-order valence-electron chi connectivity index (χ3n) is 6.41. The molecular weight excluding hydrogens is 350 g/mol. The molecule has 0 saturated carbocycles. The Morgan fingerprint density at radius 1 is 0.750 bits per heavy atom. The zero-order valence-electron chi connectivity index (χ0n) is 18.0. The predicted molar refractivity (Wildman–Crippen MR) is 115 cm³/mol. The highest BCUT2D eigenvalue weighted by Crippen LogP contribution is 2.21. The molecule has 2 heterocycles. The number of ketones is 1. The molecule has 2 saturated heterocycles. The lowest BCUT2D eigenvalue weighted by molar-refractivity contribution is -0.132. The van der Waals surface area contributed by atoms with Crippen LogP contribution in [0.25, 0.3) is 0 Å². The van der Waals surface area contributed by atoms with Gasteiger partial charge < -0.3 is 10.6 Å². The summed E-state index contributed by atoms with van der Waals surface area (Å²) in [5.41, 5.74) is 5.63. The molecule has 2 fully saturated rings. The molecule has 2 aliphatic heterocycles. The van der Waals surface area contributed by atoms with Crippen LogP contribution in [-0.4, -0.2) is 60.3 Å². The highest BCUT2D eigenvalue weighted by atomic mass is 16.2. The average molecular weight is 394 g/mol. The number of hydrogen-bond acceptors (Lipinski definition) is 4. The van der Waals surface area contributed by atoms with Crippen molar-refractivity contribution >= 4 is 11.7 Å². The maximum atomic E-state index is 12.8. The first-order valence-electron chi connectivity index (χ1n) is 12.0. The van der Waals surface area contributed by atoms with Crippen molar-refractivity contribution in [2.75, 3.05) is 32.7 Å². The lowest BCUT2D eigenvalue weighted by atomic mass is 9.95. The molecule has 0 aromatic carbocycles. The van der Waals surface area contributed by atoms with Gasteiger partial charge in [0.1, 0.15) is 5.78 Å². The van der Waals surface area contributed by atoms with E-state index in [1.54, 1.807) is 0 Å². The number of unbranched alkanes of at least 4 members (excludes halogenated alkanes) is 1. The lowest BCUT2D eigenvalue weighted by Gasteiger charge is -2.35. The maximum Gasteiger partial charge on any atom is 0.222 e. The summed E-state index contributed by atoms with van der Waals surface area (Å²) >= 11 is 0. The molecule has 1 amide bonds. The summed E-state index contributed by atoms with van der Waals surface area (Å²) in [6, 6.07) is 0.130. The molecule has 162 valence electrons. The number of nitrogens with two attached hydrogens (primary N) is 1. The molecule has 5 nitrogen and oxygen atoms in total. The Hall–Kier alpha value is -0.940. The molecule has 2 rings (SSSR count). The number of nitrogens with zero attached hydrogens (tertiary/aromatic N) is 2. The fourth-order valence-electron chi connectivity index (χ4n) is 4.68. The van der Waals surface area contributed by atoms with E-state index in [2.05, 4.69) is 9.80 Å². The van der Waals surface area contributed by atoms with Crippen LogP contribution in [0.3, 0.4) is 0 Å². The molecule has 0 radical (unpaired) electrons. The molecule has 0 spiro atoms. The molecule has 0 bridgehead atoms. The van der Waals surface area contributed by atoms with Gasteiger partial charge in [-0.3, -0.25) is 14.5 Å². The van der Waals surface area contributed by atoms with Crippen LogP contribution in [0, 0.1) is 0 Å². The molecule has 28 heavy (non-hydrogen) atoms. The summed E-state index contributed by atoms with van der Waals surface area (Å²) < 4.78 is 0. The summed E-state index contributed by atoms with van der Waals surface area (Å²) in [5, 5.41) is 0. The Kier molecular flexibility index (Phi) is 11.8. The molecule has 0 aromatic heterocycles. The summed E-state index contributed by atoms with van der Waals surface area (Å²) in [4.78, 5) is 30.0. The van der Waals surface area contributed by atoms with Crippen molar-refractivity contribution in [3.63, 3.8) is 0 Å². The van der Waals surface area contributed by atoms with Gasteiger partial charge in [-0.1, -0.05) is 38.5 Å². The van der Waals surface area contributed by atoms with Crippen LogP contribution in [0.1, 0.15) is 96.3 Å². The van der Waals surface area contributed by atoms with Crippen molar-refractivity contribution in [3.05, 3.63) is 0 Å². The first-order chi connectivity index (χ1) is 13.7. The van der Waals surface area contributed by atoms with Crippen molar-refractivity contribution in [1.82, 2.24) is 9.80 Å². The number of amides is 1. The number of hydrogen-bond donors (Lipinski definition) is 1. The second-order valence-electron chi connectivity index (χ2n) is 8.72. The van der Waals surface area contributed by atoms with Crippen LogP contribution in [0.2, 0.25) is 0 Å². The van der Waals surface area contributed by atoms with Gasteiger partial charge in [0.05, 0.1) is 6.04 Å².